The number of carbonyl (C=O) groups is 1. The van der Waals surface area contributed by atoms with Crippen molar-refractivity contribution in [2.75, 3.05) is 41.9 Å². The van der Waals surface area contributed by atoms with Gasteiger partial charge in [-0.1, -0.05) is 30.3 Å². The quantitative estimate of drug-likeness (QED) is 0.507. The molecule has 2 rings (SSSR count). The number of hydrogen-bond donors (Lipinski definition) is 1. The van der Waals surface area contributed by atoms with Crippen molar-refractivity contribution in [1.29, 1.82) is 0 Å². The summed E-state index contributed by atoms with van der Waals surface area (Å²) in [6.45, 7) is 1.72. The molecule has 7 nitrogen and oxygen atoms in total. The molecule has 1 amide bonds. The summed E-state index contributed by atoms with van der Waals surface area (Å²) in [5.41, 5.74) is 2.13. The molecular weight excluding hydrogens is 380 g/mol. The zero-order valence-corrected chi connectivity index (χ0v) is 18.5. The fourth-order valence-electron chi connectivity index (χ4n) is 3.12. The van der Waals surface area contributed by atoms with Gasteiger partial charge in [-0.15, -0.1) is 0 Å². The Morgan fingerprint density at radius 2 is 1.73 bits per heavy atom. The van der Waals surface area contributed by atoms with Crippen LogP contribution in [-0.4, -0.2) is 63.6 Å². The van der Waals surface area contributed by atoms with Gasteiger partial charge in [0.15, 0.2) is 5.96 Å². The van der Waals surface area contributed by atoms with Crippen LogP contribution in [0.25, 0.3) is 0 Å². The standard InChI is InChI=1S/C23H32N4O3/c1-24-23(27(3)17-19-11-12-20(29-4)15-21(19)30-5)25-14-13-22(28)26(2)16-18-9-7-6-8-10-18/h6-12,15H,13-14,16-17H2,1-5H3,(H,24,25). The number of guanidine groups is 1. The van der Waals surface area contributed by atoms with Crippen molar-refractivity contribution in [1.82, 2.24) is 15.1 Å². The summed E-state index contributed by atoms with van der Waals surface area (Å²) in [5, 5.41) is 3.26. The van der Waals surface area contributed by atoms with Crippen molar-refractivity contribution in [3.05, 3.63) is 59.7 Å². The average Bonchev–Trinajstić information content (AvgIpc) is 2.77. The second kappa shape index (κ2) is 11.7. The first-order chi connectivity index (χ1) is 14.5. The third-order valence-corrected chi connectivity index (χ3v) is 4.79. The van der Waals surface area contributed by atoms with Crippen molar-refractivity contribution >= 4 is 11.9 Å². The van der Waals surface area contributed by atoms with Gasteiger partial charge < -0.3 is 24.6 Å². The van der Waals surface area contributed by atoms with Gasteiger partial charge in [-0.25, -0.2) is 0 Å². The van der Waals surface area contributed by atoms with Gasteiger partial charge in [0.1, 0.15) is 11.5 Å². The van der Waals surface area contributed by atoms with Gasteiger partial charge in [-0.2, -0.15) is 0 Å². The van der Waals surface area contributed by atoms with Crippen molar-refractivity contribution in [3.8, 4) is 11.5 Å². The van der Waals surface area contributed by atoms with E-state index >= 15 is 0 Å². The molecule has 7 heteroatoms. The summed E-state index contributed by atoms with van der Waals surface area (Å²) in [4.78, 5) is 20.5. The van der Waals surface area contributed by atoms with Crippen LogP contribution < -0.4 is 14.8 Å². The minimum Gasteiger partial charge on any atom is -0.497 e. The molecule has 2 aromatic carbocycles. The number of rotatable bonds is 9. The molecule has 2 aromatic rings. The topological polar surface area (TPSA) is 66.4 Å². The summed E-state index contributed by atoms with van der Waals surface area (Å²) in [6.07, 6.45) is 0.391. The molecule has 0 saturated carbocycles. The second-order valence-corrected chi connectivity index (χ2v) is 6.99. The lowest BCUT2D eigenvalue weighted by Gasteiger charge is -2.24. The van der Waals surface area contributed by atoms with E-state index in [9.17, 15) is 4.79 Å². The molecule has 0 saturated heterocycles. The Balaban J connectivity index is 1.85. The predicted octanol–water partition coefficient (Wildman–Crippen LogP) is 2.76. The SMILES string of the molecule is CN=C(NCCC(=O)N(C)Cc1ccccc1)N(C)Cc1ccc(OC)cc1OC. The van der Waals surface area contributed by atoms with Gasteiger partial charge in [0.05, 0.1) is 14.2 Å². The summed E-state index contributed by atoms with van der Waals surface area (Å²) >= 11 is 0. The number of aliphatic imine (C=N–C) groups is 1. The minimum atomic E-state index is 0.0845. The third-order valence-electron chi connectivity index (χ3n) is 4.79. The Hall–Kier alpha value is -3.22. The lowest BCUT2D eigenvalue weighted by atomic mass is 10.2. The number of nitrogens with zero attached hydrogens (tertiary/aromatic N) is 3. The smallest absolute Gasteiger partial charge is 0.224 e. The normalized spacial score (nSPS) is 11.0. The highest BCUT2D eigenvalue weighted by molar-refractivity contribution is 5.81. The van der Waals surface area contributed by atoms with Crippen LogP contribution in [0.1, 0.15) is 17.5 Å². The van der Waals surface area contributed by atoms with E-state index in [0.717, 1.165) is 22.6 Å². The average molecular weight is 413 g/mol. The van der Waals surface area contributed by atoms with E-state index in [-0.39, 0.29) is 5.91 Å². The van der Waals surface area contributed by atoms with E-state index in [0.29, 0.717) is 32.0 Å². The van der Waals surface area contributed by atoms with Crippen molar-refractivity contribution < 1.29 is 14.3 Å². The van der Waals surface area contributed by atoms with Crippen LogP contribution in [0.2, 0.25) is 0 Å². The van der Waals surface area contributed by atoms with E-state index < -0.39 is 0 Å². The summed E-state index contributed by atoms with van der Waals surface area (Å²) in [6, 6.07) is 15.7. The molecule has 162 valence electrons. The van der Waals surface area contributed by atoms with Gasteiger partial charge in [0, 0.05) is 58.8 Å². The molecule has 0 aliphatic heterocycles. The zero-order valence-electron chi connectivity index (χ0n) is 18.5. The minimum absolute atomic E-state index is 0.0845. The van der Waals surface area contributed by atoms with E-state index in [1.165, 1.54) is 0 Å². The number of amides is 1. The Morgan fingerprint density at radius 1 is 1.00 bits per heavy atom. The molecule has 0 bridgehead atoms. The fourth-order valence-corrected chi connectivity index (χ4v) is 3.12. The van der Waals surface area contributed by atoms with E-state index in [2.05, 4.69) is 10.3 Å². The molecule has 0 aliphatic carbocycles. The number of benzene rings is 2. The summed E-state index contributed by atoms with van der Waals surface area (Å²) < 4.78 is 10.7. The summed E-state index contributed by atoms with van der Waals surface area (Å²) in [5.74, 6) is 2.31. The number of ether oxygens (including phenoxy) is 2. The fraction of sp³-hybridized carbons (Fsp3) is 0.391. The van der Waals surface area contributed by atoms with Gasteiger partial charge in [0.25, 0.3) is 0 Å². The highest BCUT2D eigenvalue weighted by Gasteiger charge is 2.13. The number of methoxy groups -OCH3 is 2. The number of carbonyl (C=O) groups excluding carboxylic acids is 1. The lowest BCUT2D eigenvalue weighted by molar-refractivity contribution is -0.130. The lowest BCUT2D eigenvalue weighted by Crippen LogP contribution is -2.40. The Bertz CT molecular complexity index is 840. The Morgan fingerprint density at radius 3 is 2.37 bits per heavy atom. The van der Waals surface area contributed by atoms with Crippen LogP contribution in [0, 0.1) is 0 Å². The van der Waals surface area contributed by atoms with Crippen LogP contribution in [0.4, 0.5) is 0 Å². The maximum absolute atomic E-state index is 12.4. The van der Waals surface area contributed by atoms with Gasteiger partial charge in [-0.3, -0.25) is 9.79 Å². The predicted molar refractivity (Wildman–Crippen MR) is 120 cm³/mol. The summed E-state index contributed by atoms with van der Waals surface area (Å²) in [7, 11) is 8.77. The van der Waals surface area contributed by atoms with Crippen LogP contribution in [0.3, 0.4) is 0 Å². The molecule has 0 aliphatic rings. The van der Waals surface area contributed by atoms with Crippen LogP contribution in [0.15, 0.2) is 53.5 Å². The highest BCUT2D eigenvalue weighted by atomic mass is 16.5. The molecule has 0 fully saturated rings. The van der Waals surface area contributed by atoms with E-state index in [1.807, 2.05) is 67.5 Å². The molecule has 0 aromatic heterocycles. The molecule has 0 atom stereocenters. The van der Waals surface area contributed by atoms with Gasteiger partial charge >= 0.3 is 0 Å². The van der Waals surface area contributed by atoms with Crippen molar-refractivity contribution in [3.63, 3.8) is 0 Å². The molecule has 1 N–H and O–H groups in total. The Labute approximate surface area is 179 Å². The monoisotopic (exact) mass is 412 g/mol. The van der Waals surface area contributed by atoms with Crippen molar-refractivity contribution in [2.24, 2.45) is 4.99 Å². The van der Waals surface area contributed by atoms with Crippen molar-refractivity contribution in [2.45, 2.75) is 19.5 Å². The zero-order chi connectivity index (χ0) is 21.9. The van der Waals surface area contributed by atoms with Crippen LogP contribution in [0.5, 0.6) is 11.5 Å². The first-order valence-corrected chi connectivity index (χ1v) is 9.89. The molecule has 0 radical (unpaired) electrons. The molecule has 0 unspecified atom stereocenters. The maximum Gasteiger partial charge on any atom is 0.224 e. The third kappa shape index (κ3) is 6.69. The van der Waals surface area contributed by atoms with Gasteiger partial charge in [0.2, 0.25) is 5.91 Å². The highest BCUT2D eigenvalue weighted by Crippen LogP contribution is 2.25. The first-order valence-electron chi connectivity index (χ1n) is 9.89. The van der Waals surface area contributed by atoms with E-state index in [1.54, 1.807) is 26.2 Å². The molecule has 30 heavy (non-hydrogen) atoms. The number of nitrogens with one attached hydrogen (secondary N) is 1. The first kappa shape index (κ1) is 23.1. The molecule has 0 heterocycles. The van der Waals surface area contributed by atoms with E-state index in [4.69, 9.17) is 9.47 Å². The van der Waals surface area contributed by atoms with Gasteiger partial charge in [-0.05, 0) is 17.7 Å². The largest absolute Gasteiger partial charge is 0.497 e. The maximum atomic E-state index is 12.4. The molecular formula is C23H32N4O3. The van der Waals surface area contributed by atoms with Crippen LogP contribution >= 0.6 is 0 Å². The number of hydrogen-bond acceptors (Lipinski definition) is 4. The Kier molecular flexibility index (Phi) is 9.00. The second-order valence-electron chi connectivity index (χ2n) is 6.99. The van der Waals surface area contributed by atoms with Crippen LogP contribution in [-0.2, 0) is 17.9 Å². The molecule has 0 spiro atoms.